The molecule has 0 aliphatic rings. The first-order valence-electron chi connectivity index (χ1n) is 8.73. The molecule has 10 heteroatoms. The Morgan fingerprint density at radius 3 is 2.14 bits per heavy atom. The van der Waals surface area contributed by atoms with E-state index in [1.54, 1.807) is 20.8 Å². The Hall–Kier alpha value is -2.23. The van der Waals surface area contributed by atoms with E-state index in [1.165, 1.54) is 12.1 Å². The number of aromatic hydroxyl groups is 2. The van der Waals surface area contributed by atoms with Crippen LogP contribution < -0.4 is 10.6 Å². The van der Waals surface area contributed by atoms with Crippen LogP contribution in [-0.4, -0.2) is 67.3 Å². The van der Waals surface area contributed by atoms with Crippen LogP contribution >= 0.6 is 11.6 Å². The summed E-state index contributed by atoms with van der Waals surface area (Å²) in [7, 11) is 0. The van der Waals surface area contributed by atoms with Gasteiger partial charge < -0.3 is 35.1 Å². The highest BCUT2D eigenvalue weighted by atomic mass is 35.5. The number of carbonyl (C=O) groups excluding carboxylic acids is 2. The van der Waals surface area contributed by atoms with Crippen LogP contribution in [0, 0.1) is 0 Å². The lowest BCUT2D eigenvalue weighted by Crippen LogP contribution is -2.34. The van der Waals surface area contributed by atoms with Gasteiger partial charge >= 0.3 is 6.09 Å². The molecule has 0 bridgehead atoms. The third-order valence-electron chi connectivity index (χ3n) is 3.16. The predicted molar refractivity (Wildman–Crippen MR) is 103 cm³/mol. The highest BCUT2D eigenvalue weighted by Gasteiger charge is 2.16. The van der Waals surface area contributed by atoms with Crippen molar-refractivity contribution < 1.29 is 34.0 Å². The Bertz CT molecular complexity index is 662. The molecule has 4 N–H and O–H groups in total. The molecule has 9 nitrogen and oxygen atoms in total. The molecule has 0 heterocycles. The van der Waals surface area contributed by atoms with Crippen molar-refractivity contribution in [1.29, 1.82) is 0 Å². The van der Waals surface area contributed by atoms with Crippen molar-refractivity contribution in [3.05, 3.63) is 22.7 Å². The van der Waals surface area contributed by atoms with E-state index in [1.807, 2.05) is 0 Å². The Balaban J connectivity index is 2.06. The second-order valence-corrected chi connectivity index (χ2v) is 7.08. The van der Waals surface area contributed by atoms with E-state index in [2.05, 4.69) is 10.6 Å². The maximum atomic E-state index is 12.0. The third kappa shape index (κ3) is 9.12. The van der Waals surface area contributed by atoms with Crippen molar-refractivity contribution >= 4 is 23.6 Å². The average molecular weight is 419 g/mol. The summed E-state index contributed by atoms with van der Waals surface area (Å²) in [6, 6.07) is 2.49. The van der Waals surface area contributed by atoms with Gasteiger partial charge in [0.2, 0.25) is 0 Å². The largest absolute Gasteiger partial charge is 0.504 e. The summed E-state index contributed by atoms with van der Waals surface area (Å²) in [6.45, 7) is 7.14. The highest BCUT2D eigenvalue weighted by Crippen LogP contribution is 2.35. The van der Waals surface area contributed by atoms with Crippen molar-refractivity contribution in [2.75, 3.05) is 39.5 Å². The maximum Gasteiger partial charge on any atom is 0.407 e. The van der Waals surface area contributed by atoms with E-state index in [4.69, 9.17) is 25.8 Å². The molecule has 0 unspecified atom stereocenters. The van der Waals surface area contributed by atoms with Gasteiger partial charge in [-0.2, -0.15) is 0 Å². The summed E-state index contributed by atoms with van der Waals surface area (Å²) in [5.41, 5.74) is -0.486. The van der Waals surface area contributed by atoms with E-state index in [9.17, 15) is 19.8 Å². The molecule has 1 aromatic rings. The zero-order valence-corrected chi connectivity index (χ0v) is 17.0. The quantitative estimate of drug-likeness (QED) is 0.338. The normalized spacial score (nSPS) is 11.1. The molecule has 0 radical (unpaired) electrons. The number of alkyl carbamates (subject to hydrolysis) is 1. The van der Waals surface area contributed by atoms with Gasteiger partial charge in [-0.15, -0.1) is 0 Å². The summed E-state index contributed by atoms with van der Waals surface area (Å²) in [4.78, 5) is 23.4. The number of carbonyl (C=O) groups is 2. The number of phenolic OH excluding ortho intramolecular Hbond substituents is 2. The number of hydrogen-bond acceptors (Lipinski definition) is 7. The van der Waals surface area contributed by atoms with E-state index >= 15 is 0 Å². The predicted octanol–water partition coefficient (Wildman–Crippen LogP) is 2.04. The van der Waals surface area contributed by atoms with Crippen molar-refractivity contribution in [2.45, 2.75) is 26.4 Å². The molecule has 158 valence electrons. The van der Waals surface area contributed by atoms with Crippen LogP contribution in [0.15, 0.2) is 12.1 Å². The summed E-state index contributed by atoms with van der Waals surface area (Å²) >= 11 is 5.81. The molecule has 2 amide bonds. The van der Waals surface area contributed by atoms with Crippen LogP contribution in [0.2, 0.25) is 5.02 Å². The van der Waals surface area contributed by atoms with Crippen LogP contribution in [-0.2, 0) is 14.2 Å². The second kappa shape index (κ2) is 11.6. The Labute approximate surface area is 168 Å². The van der Waals surface area contributed by atoms with Gasteiger partial charge in [0.25, 0.3) is 5.91 Å². The summed E-state index contributed by atoms with van der Waals surface area (Å²) in [6.07, 6.45) is -0.495. The minimum Gasteiger partial charge on any atom is -0.504 e. The fraction of sp³-hybridized carbons (Fsp3) is 0.556. The SMILES string of the molecule is CC(C)(C)OC(=O)NCCOCCOCCNC(=O)c1ccc(O)c(O)c1Cl. The zero-order chi connectivity index (χ0) is 21.2. The molecule has 28 heavy (non-hydrogen) atoms. The van der Waals surface area contributed by atoms with Gasteiger partial charge in [0.05, 0.1) is 37.0 Å². The van der Waals surface area contributed by atoms with Crippen LogP contribution in [0.5, 0.6) is 11.5 Å². The second-order valence-electron chi connectivity index (χ2n) is 6.70. The van der Waals surface area contributed by atoms with Gasteiger partial charge in [0.1, 0.15) is 5.60 Å². The Morgan fingerprint density at radius 2 is 1.57 bits per heavy atom. The standard InChI is InChI=1S/C18H27ClN2O7/c1-18(2,3)28-17(25)21-7-9-27-11-10-26-8-6-20-16(24)12-4-5-13(22)15(23)14(12)19/h4-5,22-23H,6-11H2,1-3H3,(H,20,24)(H,21,25). The first-order valence-corrected chi connectivity index (χ1v) is 9.10. The van der Waals surface area contributed by atoms with Gasteiger partial charge in [0.15, 0.2) is 11.5 Å². The number of hydrogen-bond donors (Lipinski definition) is 4. The molecule has 0 aliphatic heterocycles. The summed E-state index contributed by atoms with van der Waals surface area (Å²) < 4.78 is 15.7. The molecule has 1 aromatic carbocycles. The molecule has 1 rings (SSSR count). The minimum absolute atomic E-state index is 0.0535. The summed E-state index contributed by atoms with van der Waals surface area (Å²) in [5, 5.41) is 23.8. The number of rotatable bonds is 10. The highest BCUT2D eigenvalue weighted by molar-refractivity contribution is 6.35. The lowest BCUT2D eigenvalue weighted by atomic mass is 10.2. The average Bonchev–Trinajstić information content (AvgIpc) is 2.59. The molecule has 0 aliphatic carbocycles. The van der Waals surface area contributed by atoms with Crippen molar-refractivity contribution in [2.24, 2.45) is 0 Å². The van der Waals surface area contributed by atoms with Crippen LogP contribution in [0.1, 0.15) is 31.1 Å². The molecule has 0 saturated heterocycles. The monoisotopic (exact) mass is 418 g/mol. The molecular formula is C18H27ClN2O7. The molecular weight excluding hydrogens is 392 g/mol. The lowest BCUT2D eigenvalue weighted by Gasteiger charge is -2.19. The smallest absolute Gasteiger partial charge is 0.407 e. The Kier molecular flexibility index (Phi) is 9.84. The van der Waals surface area contributed by atoms with Gasteiger partial charge in [-0.1, -0.05) is 11.6 Å². The maximum absolute atomic E-state index is 12.0. The summed E-state index contributed by atoms with van der Waals surface area (Å²) in [5.74, 6) is -1.43. The van der Waals surface area contributed by atoms with Gasteiger partial charge in [-0.05, 0) is 32.9 Å². The number of benzene rings is 1. The fourth-order valence-corrected chi connectivity index (χ4v) is 2.17. The number of amides is 2. The molecule has 0 atom stereocenters. The molecule has 0 spiro atoms. The first-order chi connectivity index (χ1) is 13.1. The van der Waals surface area contributed by atoms with E-state index in [0.29, 0.717) is 26.4 Å². The lowest BCUT2D eigenvalue weighted by molar-refractivity contribution is 0.0400. The molecule has 0 fully saturated rings. The minimum atomic E-state index is -0.539. The number of nitrogens with one attached hydrogen (secondary N) is 2. The van der Waals surface area contributed by atoms with Gasteiger partial charge in [0, 0.05) is 13.1 Å². The first kappa shape index (κ1) is 23.8. The fourth-order valence-electron chi connectivity index (χ4n) is 1.92. The van der Waals surface area contributed by atoms with Crippen molar-refractivity contribution in [3.8, 4) is 11.5 Å². The third-order valence-corrected chi connectivity index (χ3v) is 3.54. The number of halogens is 1. The van der Waals surface area contributed by atoms with Crippen molar-refractivity contribution in [3.63, 3.8) is 0 Å². The topological polar surface area (TPSA) is 126 Å². The molecule has 0 saturated carbocycles. The van der Waals surface area contributed by atoms with Crippen LogP contribution in [0.3, 0.4) is 0 Å². The number of ether oxygens (including phenoxy) is 3. The van der Waals surface area contributed by atoms with E-state index < -0.39 is 29.1 Å². The van der Waals surface area contributed by atoms with Crippen LogP contribution in [0.25, 0.3) is 0 Å². The van der Waals surface area contributed by atoms with Crippen molar-refractivity contribution in [1.82, 2.24) is 10.6 Å². The van der Waals surface area contributed by atoms with E-state index in [0.717, 1.165) is 0 Å². The molecule has 0 aromatic heterocycles. The Morgan fingerprint density at radius 1 is 1.00 bits per heavy atom. The zero-order valence-electron chi connectivity index (χ0n) is 16.2. The number of phenols is 2. The van der Waals surface area contributed by atoms with Crippen LogP contribution in [0.4, 0.5) is 4.79 Å². The van der Waals surface area contributed by atoms with Gasteiger partial charge in [-0.25, -0.2) is 4.79 Å². The van der Waals surface area contributed by atoms with Gasteiger partial charge in [-0.3, -0.25) is 4.79 Å². The van der Waals surface area contributed by atoms with E-state index in [-0.39, 0.29) is 23.7 Å².